The van der Waals surface area contributed by atoms with Crippen molar-refractivity contribution in [2.24, 2.45) is 5.18 Å². The lowest BCUT2D eigenvalue weighted by molar-refractivity contribution is -0.123. The molecule has 2 amide bonds. The molecule has 0 bridgehead atoms. The van der Waals surface area contributed by atoms with Crippen LogP contribution in [0.4, 0.5) is 11.4 Å². The van der Waals surface area contributed by atoms with E-state index >= 15 is 0 Å². The minimum absolute atomic E-state index is 0.0142. The monoisotopic (exact) mass is 274 g/mol. The molecular weight excluding hydrogens is 260 g/mol. The van der Waals surface area contributed by atoms with Crippen LogP contribution in [-0.4, -0.2) is 17.9 Å². The van der Waals surface area contributed by atoms with Gasteiger partial charge in [-0.25, -0.2) is 0 Å². The summed E-state index contributed by atoms with van der Waals surface area (Å²) in [4.78, 5) is 34.6. The smallest absolute Gasteiger partial charge is 0.256 e. The minimum atomic E-state index is -0.674. The molecule has 104 valence electrons. The van der Waals surface area contributed by atoms with Gasteiger partial charge in [-0.2, -0.15) is 0 Å². The van der Waals surface area contributed by atoms with Crippen LogP contribution in [0.5, 0.6) is 0 Å². The van der Waals surface area contributed by atoms with Gasteiger partial charge in [-0.3, -0.25) is 9.59 Å². The molecule has 0 aromatic heterocycles. The van der Waals surface area contributed by atoms with Gasteiger partial charge in [0.25, 0.3) is 5.91 Å². The molecule has 7 nitrogen and oxygen atoms in total. The molecule has 1 aromatic carbocycles. The molecular formula is C13H14N4O3. The Kier molecular flexibility index (Phi) is 3.79. The number of hydrogen-bond acceptors (Lipinski definition) is 5. The Morgan fingerprint density at radius 3 is 2.90 bits per heavy atom. The Morgan fingerprint density at radius 2 is 2.25 bits per heavy atom. The number of hydrogen-bond donors (Lipinski definition) is 3. The number of nitroso groups, excluding NO2 is 1. The molecule has 0 aliphatic carbocycles. The van der Waals surface area contributed by atoms with Crippen molar-refractivity contribution in [1.82, 2.24) is 10.6 Å². The maximum atomic E-state index is 12.1. The van der Waals surface area contributed by atoms with Crippen molar-refractivity contribution in [3.8, 4) is 0 Å². The van der Waals surface area contributed by atoms with Crippen molar-refractivity contribution < 1.29 is 9.59 Å². The summed E-state index contributed by atoms with van der Waals surface area (Å²) in [5, 5.41) is 7.89. The summed E-state index contributed by atoms with van der Waals surface area (Å²) < 4.78 is 0. The number of nitrogens with zero attached hydrogens (tertiary/aromatic N) is 1. The summed E-state index contributed by atoms with van der Waals surface area (Å²) in [5.74, 6) is -0.921. The molecule has 1 unspecified atom stereocenters. The maximum absolute atomic E-state index is 12.1. The molecule has 7 heteroatoms. The Bertz CT molecular complexity index is 597. The van der Waals surface area contributed by atoms with E-state index in [1.165, 1.54) is 18.2 Å². The Hall–Kier alpha value is -2.70. The fourth-order valence-electron chi connectivity index (χ4n) is 2.02. The molecule has 1 aliphatic heterocycles. The van der Waals surface area contributed by atoms with Crippen LogP contribution < -0.4 is 16.4 Å². The highest BCUT2D eigenvalue weighted by Crippen LogP contribution is 2.25. The van der Waals surface area contributed by atoms with Crippen LogP contribution in [-0.2, 0) is 4.79 Å². The molecule has 0 spiro atoms. The number of nitrogen functional groups attached to an aromatic ring is 1. The van der Waals surface area contributed by atoms with Gasteiger partial charge in [0.2, 0.25) is 5.91 Å². The third-order valence-corrected chi connectivity index (χ3v) is 3.06. The van der Waals surface area contributed by atoms with Crippen LogP contribution in [0.15, 0.2) is 35.7 Å². The lowest BCUT2D eigenvalue weighted by atomic mass is 10.0. The zero-order chi connectivity index (χ0) is 14.7. The number of allylic oxidation sites excluding steroid dienone is 1. The van der Waals surface area contributed by atoms with Crippen molar-refractivity contribution in [1.29, 1.82) is 0 Å². The summed E-state index contributed by atoms with van der Waals surface area (Å²) in [6.45, 7) is 3.66. The average molecular weight is 274 g/mol. The van der Waals surface area contributed by atoms with E-state index in [1.54, 1.807) is 0 Å². The highest BCUT2D eigenvalue weighted by Gasteiger charge is 2.27. The van der Waals surface area contributed by atoms with E-state index in [2.05, 4.69) is 22.4 Å². The average Bonchev–Trinajstić information content (AvgIpc) is 2.41. The van der Waals surface area contributed by atoms with Gasteiger partial charge >= 0.3 is 0 Å². The number of carbonyl (C=O) groups is 2. The molecule has 1 fully saturated rings. The van der Waals surface area contributed by atoms with Gasteiger partial charge in [0, 0.05) is 11.4 Å². The number of nitrogens with one attached hydrogen (secondary N) is 2. The highest BCUT2D eigenvalue weighted by atomic mass is 16.3. The van der Waals surface area contributed by atoms with Gasteiger partial charge in [0.05, 0.1) is 5.56 Å². The third-order valence-electron chi connectivity index (χ3n) is 3.06. The standard InChI is InChI=1S/C13H14N4O3/c1-7-5-6-10(12(18)15-7)16-13(19)11-8(14)3-2-4-9(11)17-20/h2-4,10H,1,5-6,14H2,(H,15,18)(H,16,19). The number of piperidine rings is 1. The molecule has 1 atom stereocenters. The summed E-state index contributed by atoms with van der Waals surface area (Å²) in [6.07, 6.45) is 1.03. The van der Waals surface area contributed by atoms with E-state index in [0.717, 1.165) is 0 Å². The highest BCUT2D eigenvalue weighted by molar-refractivity contribution is 6.05. The largest absolute Gasteiger partial charge is 0.398 e. The first kappa shape index (κ1) is 13.7. The molecule has 20 heavy (non-hydrogen) atoms. The first-order chi connectivity index (χ1) is 9.52. The second kappa shape index (κ2) is 5.52. The topological polar surface area (TPSA) is 114 Å². The SMILES string of the molecule is C=C1CCC(NC(=O)c2c(N)cccc2N=O)C(=O)N1. The molecule has 1 saturated heterocycles. The Balaban J connectivity index is 2.19. The van der Waals surface area contributed by atoms with Crippen LogP contribution in [0.3, 0.4) is 0 Å². The molecule has 1 heterocycles. The van der Waals surface area contributed by atoms with Crippen molar-refractivity contribution >= 4 is 23.2 Å². The number of benzene rings is 1. The molecule has 4 N–H and O–H groups in total. The predicted molar refractivity (Wildman–Crippen MR) is 74.1 cm³/mol. The van der Waals surface area contributed by atoms with Gasteiger partial charge in [0.15, 0.2) is 0 Å². The zero-order valence-corrected chi connectivity index (χ0v) is 10.7. The maximum Gasteiger partial charge on any atom is 0.256 e. The Labute approximate surface area is 115 Å². The fraction of sp³-hybridized carbons (Fsp3) is 0.231. The molecule has 2 rings (SSSR count). The van der Waals surface area contributed by atoms with E-state index in [4.69, 9.17) is 5.73 Å². The predicted octanol–water partition coefficient (Wildman–Crippen LogP) is 1.19. The molecule has 0 radical (unpaired) electrons. The number of rotatable bonds is 3. The summed E-state index contributed by atoms with van der Waals surface area (Å²) >= 11 is 0. The second-order valence-electron chi connectivity index (χ2n) is 4.49. The number of anilines is 1. The minimum Gasteiger partial charge on any atom is -0.398 e. The van der Waals surface area contributed by atoms with Gasteiger partial charge in [-0.05, 0) is 30.2 Å². The molecule has 1 aromatic rings. The first-order valence-electron chi connectivity index (χ1n) is 6.04. The van der Waals surface area contributed by atoms with Gasteiger partial charge in [0.1, 0.15) is 11.7 Å². The van der Waals surface area contributed by atoms with Crippen molar-refractivity contribution in [3.63, 3.8) is 0 Å². The summed E-state index contributed by atoms with van der Waals surface area (Å²) in [6, 6.07) is 3.74. The lowest BCUT2D eigenvalue weighted by Crippen LogP contribution is -2.49. The molecule has 0 saturated carbocycles. The van der Waals surface area contributed by atoms with Crippen molar-refractivity contribution in [2.75, 3.05) is 5.73 Å². The number of amides is 2. The first-order valence-corrected chi connectivity index (χ1v) is 6.04. The second-order valence-corrected chi connectivity index (χ2v) is 4.49. The van der Waals surface area contributed by atoms with E-state index < -0.39 is 11.9 Å². The van der Waals surface area contributed by atoms with Crippen molar-refractivity contribution in [3.05, 3.63) is 40.9 Å². The van der Waals surface area contributed by atoms with Crippen molar-refractivity contribution in [2.45, 2.75) is 18.9 Å². The van der Waals surface area contributed by atoms with Crippen LogP contribution in [0, 0.1) is 4.91 Å². The van der Waals surface area contributed by atoms with E-state index in [-0.39, 0.29) is 22.8 Å². The summed E-state index contributed by atoms with van der Waals surface area (Å²) in [5.41, 5.74) is 6.38. The van der Waals surface area contributed by atoms with E-state index in [9.17, 15) is 14.5 Å². The normalized spacial score (nSPS) is 18.3. The van der Waals surface area contributed by atoms with Crippen LogP contribution >= 0.6 is 0 Å². The quantitative estimate of drug-likeness (QED) is 0.567. The third kappa shape index (κ3) is 2.66. The van der Waals surface area contributed by atoms with Crippen LogP contribution in [0.1, 0.15) is 23.2 Å². The van der Waals surface area contributed by atoms with Crippen LogP contribution in [0.25, 0.3) is 0 Å². The number of nitrogens with two attached hydrogens (primary N) is 1. The fourth-order valence-corrected chi connectivity index (χ4v) is 2.02. The van der Waals surface area contributed by atoms with Crippen LogP contribution in [0.2, 0.25) is 0 Å². The van der Waals surface area contributed by atoms with Gasteiger partial charge in [-0.1, -0.05) is 12.6 Å². The number of carbonyl (C=O) groups excluding carboxylic acids is 2. The van der Waals surface area contributed by atoms with E-state index in [0.29, 0.717) is 18.5 Å². The summed E-state index contributed by atoms with van der Waals surface area (Å²) in [7, 11) is 0. The lowest BCUT2D eigenvalue weighted by Gasteiger charge is -2.24. The molecule has 1 aliphatic rings. The Morgan fingerprint density at radius 1 is 1.50 bits per heavy atom. The van der Waals surface area contributed by atoms with E-state index in [1.807, 2.05) is 0 Å². The zero-order valence-electron chi connectivity index (χ0n) is 10.7. The van der Waals surface area contributed by atoms with Gasteiger partial charge in [-0.15, -0.1) is 4.91 Å². The van der Waals surface area contributed by atoms with Gasteiger partial charge < -0.3 is 16.4 Å².